The molecular weight excluding hydrogens is 492 g/mol. The smallest absolute Gasteiger partial charge is 0.224 e. The molecule has 0 saturated heterocycles. The molecule has 6 nitrogen and oxygen atoms in total. The summed E-state index contributed by atoms with van der Waals surface area (Å²) in [7, 11) is 3.01. The Morgan fingerprint density at radius 1 is 1.21 bits per heavy atom. The Morgan fingerprint density at radius 2 is 1.93 bits per heavy atom. The molecule has 8 heteroatoms. The molecule has 0 saturated carbocycles. The molecule has 0 aliphatic carbocycles. The van der Waals surface area contributed by atoms with E-state index in [0.29, 0.717) is 39.3 Å². The molecule has 150 valence electrons. The Kier molecular flexibility index (Phi) is 8.32. The van der Waals surface area contributed by atoms with Crippen LogP contribution in [0.2, 0.25) is 0 Å². The van der Waals surface area contributed by atoms with E-state index in [2.05, 4.69) is 42.2 Å². The number of ether oxygens (including phenoxy) is 2. The lowest BCUT2D eigenvalue weighted by atomic mass is 10.2. The van der Waals surface area contributed by atoms with Gasteiger partial charge in [-0.25, -0.2) is 0 Å². The van der Waals surface area contributed by atoms with Gasteiger partial charge in [0.05, 0.1) is 31.2 Å². The van der Waals surface area contributed by atoms with Crippen LogP contribution >= 0.6 is 31.9 Å². The van der Waals surface area contributed by atoms with Crippen LogP contribution < -0.4 is 14.8 Å². The Labute approximate surface area is 181 Å². The topological polar surface area (TPSA) is 80.2 Å². The summed E-state index contributed by atoms with van der Waals surface area (Å²) in [5.74, 6) is 0.772. The first-order valence-electron chi connectivity index (χ1n) is 8.68. The minimum absolute atomic E-state index is 0.0203. The highest BCUT2D eigenvalue weighted by Crippen LogP contribution is 2.40. The van der Waals surface area contributed by atoms with Gasteiger partial charge in [0.25, 0.3) is 0 Å². The molecule has 0 aliphatic heterocycles. The maximum atomic E-state index is 12.0. The number of anilines is 1. The first-order chi connectivity index (χ1) is 13.4. The standard InChI is InChI=1S/C20H22Br2N2O4/c1-4-5-6-18(25)24-15-8-7-12(9-16(15)27-2)23-11-13-19(22)14(21)10-17(28-3)20(13)26/h7-11,26H,4-6H2,1-3H3,(H,24,25). The van der Waals surface area contributed by atoms with Crippen LogP contribution in [0.4, 0.5) is 11.4 Å². The molecule has 2 rings (SSSR count). The number of phenolic OH excluding ortho intramolecular Hbond substituents is 1. The minimum Gasteiger partial charge on any atom is -0.504 e. The molecule has 0 aromatic heterocycles. The van der Waals surface area contributed by atoms with Gasteiger partial charge in [0, 0.05) is 27.6 Å². The zero-order valence-corrected chi connectivity index (χ0v) is 19.1. The molecule has 2 aromatic carbocycles. The van der Waals surface area contributed by atoms with Crippen LogP contribution in [0.5, 0.6) is 17.2 Å². The molecule has 0 unspecified atom stereocenters. The van der Waals surface area contributed by atoms with E-state index in [0.717, 1.165) is 17.3 Å². The predicted octanol–water partition coefficient (Wildman–Crippen LogP) is 5.81. The molecular formula is C20H22Br2N2O4. The van der Waals surface area contributed by atoms with Crippen molar-refractivity contribution in [3.8, 4) is 17.2 Å². The quantitative estimate of drug-likeness (QED) is 0.436. The third kappa shape index (κ3) is 5.48. The molecule has 0 radical (unpaired) electrons. The van der Waals surface area contributed by atoms with Gasteiger partial charge in [0.1, 0.15) is 5.75 Å². The second-order valence-electron chi connectivity index (χ2n) is 5.93. The molecule has 0 spiro atoms. The van der Waals surface area contributed by atoms with E-state index >= 15 is 0 Å². The number of carbonyl (C=O) groups excluding carboxylic acids is 1. The molecule has 28 heavy (non-hydrogen) atoms. The lowest BCUT2D eigenvalue weighted by molar-refractivity contribution is -0.116. The number of benzene rings is 2. The van der Waals surface area contributed by atoms with Crippen LogP contribution in [-0.2, 0) is 4.79 Å². The number of halogens is 2. The number of hydrogen-bond donors (Lipinski definition) is 2. The summed E-state index contributed by atoms with van der Waals surface area (Å²) in [6, 6.07) is 6.88. The lowest BCUT2D eigenvalue weighted by Crippen LogP contribution is -2.11. The van der Waals surface area contributed by atoms with E-state index in [9.17, 15) is 9.90 Å². The van der Waals surface area contributed by atoms with Crippen molar-refractivity contribution in [2.75, 3.05) is 19.5 Å². The van der Waals surface area contributed by atoms with Crippen molar-refractivity contribution < 1.29 is 19.4 Å². The molecule has 2 aromatic rings. The summed E-state index contributed by atoms with van der Waals surface area (Å²) < 4.78 is 11.9. The Morgan fingerprint density at radius 3 is 2.57 bits per heavy atom. The van der Waals surface area contributed by atoms with E-state index in [-0.39, 0.29) is 11.7 Å². The molecule has 2 N–H and O–H groups in total. The first-order valence-corrected chi connectivity index (χ1v) is 10.3. The van der Waals surface area contributed by atoms with E-state index < -0.39 is 0 Å². The van der Waals surface area contributed by atoms with Crippen molar-refractivity contribution in [2.45, 2.75) is 26.2 Å². The van der Waals surface area contributed by atoms with E-state index in [1.165, 1.54) is 20.4 Å². The fraction of sp³-hybridized carbons (Fsp3) is 0.300. The summed E-state index contributed by atoms with van der Waals surface area (Å²) >= 11 is 6.84. The molecule has 0 heterocycles. The predicted molar refractivity (Wildman–Crippen MR) is 118 cm³/mol. The summed E-state index contributed by atoms with van der Waals surface area (Å²) in [5.41, 5.74) is 1.67. The number of rotatable bonds is 8. The largest absolute Gasteiger partial charge is 0.504 e. The van der Waals surface area contributed by atoms with Gasteiger partial charge in [-0.15, -0.1) is 0 Å². The van der Waals surface area contributed by atoms with Crippen LogP contribution in [0.3, 0.4) is 0 Å². The third-order valence-electron chi connectivity index (χ3n) is 3.97. The van der Waals surface area contributed by atoms with Crippen LogP contribution in [0.25, 0.3) is 0 Å². The maximum absolute atomic E-state index is 12.0. The zero-order chi connectivity index (χ0) is 20.7. The van der Waals surface area contributed by atoms with Crippen molar-refractivity contribution in [1.29, 1.82) is 0 Å². The first kappa shape index (κ1) is 22.2. The number of unbranched alkanes of at least 4 members (excludes halogenated alkanes) is 1. The normalized spacial score (nSPS) is 10.9. The molecule has 0 fully saturated rings. The minimum atomic E-state index is -0.0496. The van der Waals surface area contributed by atoms with Gasteiger partial charge in [-0.3, -0.25) is 9.79 Å². The number of nitrogens with one attached hydrogen (secondary N) is 1. The van der Waals surface area contributed by atoms with E-state index in [1.54, 1.807) is 24.3 Å². The van der Waals surface area contributed by atoms with Crippen molar-refractivity contribution in [3.63, 3.8) is 0 Å². The van der Waals surface area contributed by atoms with Gasteiger partial charge in [-0.05, 0) is 56.5 Å². The van der Waals surface area contributed by atoms with Gasteiger partial charge in [-0.1, -0.05) is 13.3 Å². The van der Waals surface area contributed by atoms with Crippen LogP contribution in [-0.4, -0.2) is 31.4 Å². The van der Waals surface area contributed by atoms with Crippen LogP contribution in [0.15, 0.2) is 38.2 Å². The second-order valence-corrected chi connectivity index (χ2v) is 7.58. The summed E-state index contributed by atoms with van der Waals surface area (Å²) in [6.45, 7) is 2.04. The van der Waals surface area contributed by atoms with Crippen LogP contribution in [0.1, 0.15) is 31.7 Å². The zero-order valence-electron chi connectivity index (χ0n) is 15.9. The monoisotopic (exact) mass is 512 g/mol. The fourth-order valence-electron chi connectivity index (χ4n) is 2.44. The molecule has 0 bridgehead atoms. The number of aliphatic imine (C=N–C) groups is 1. The third-order valence-corrected chi connectivity index (χ3v) is 5.98. The number of carbonyl (C=O) groups is 1. The van der Waals surface area contributed by atoms with Gasteiger partial charge < -0.3 is 19.9 Å². The Hall–Kier alpha value is -2.06. The maximum Gasteiger partial charge on any atom is 0.224 e. The summed E-state index contributed by atoms with van der Waals surface area (Å²) in [4.78, 5) is 16.4. The van der Waals surface area contributed by atoms with E-state index in [4.69, 9.17) is 9.47 Å². The number of methoxy groups -OCH3 is 2. The van der Waals surface area contributed by atoms with Gasteiger partial charge in [-0.2, -0.15) is 0 Å². The highest BCUT2D eigenvalue weighted by atomic mass is 79.9. The van der Waals surface area contributed by atoms with Gasteiger partial charge >= 0.3 is 0 Å². The van der Waals surface area contributed by atoms with Crippen molar-refractivity contribution in [3.05, 3.63) is 38.8 Å². The van der Waals surface area contributed by atoms with E-state index in [1.807, 2.05) is 6.92 Å². The van der Waals surface area contributed by atoms with Gasteiger partial charge in [0.15, 0.2) is 11.5 Å². The second kappa shape index (κ2) is 10.5. The SMILES string of the molecule is CCCCC(=O)Nc1ccc(N=Cc2c(O)c(OC)cc(Br)c2Br)cc1OC. The average Bonchev–Trinajstić information content (AvgIpc) is 2.69. The number of amides is 1. The fourth-order valence-corrected chi connectivity index (χ4v) is 3.26. The summed E-state index contributed by atoms with van der Waals surface area (Å²) in [6.07, 6.45) is 3.80. The summed E-state index contributed by atoms with van der Waals surface area (Å²) in [5, 5.41) is 13.2. The van der Waals surface area contributed by atoms with Gasteiger partial charge in [0.2, 0.25) is 5.91 Å². The number of nitrogens with zero attached hydrogens (tertiary/aromatic N) is 1. The van der Waals surface area contributed by atoms with Crippen molar-refractivity contribution in [1.82, 2.24) is 0 Å². The number of phenols is 1. The van der Waals surface area contributed by atoms with Crippen molar-refractivity contribution in [2.24, 2.45) is 4.99 Å². The van der Waals surface area contributed by atoms with Crippen molar-refractivity contribution >= 4 is 55.4 Å². The number of hydrogen-bond acceptors (Lipinski definition) is 5. The molecule has 0 atom stereocenters. The van der Waals surface area contributed by atoms with Crippen LogP contribution in [0, 0.1) is 0 Å². The molecule has 0 aliphatic rings. The highest BCUT2D eigenvalue weighted by Gasteiger charge is 2.14. The molecule has 1 amide bonds. The highest BCUT2D eigenvalue weighted by molar-refractivity contribution is 9.13. The Bertz CT molecular complexity index is 885. The lowest BCUT2D eigenvalue weighted by Gasteiger charge is -2.11. The average molecular weight is 514 g/mol. The Balaban J connectivity index is 2.28. The number of aromatic hydroxyl groups is 1.